The molecule has 2 fully saturated rings. The normalized spacial score (nSPS) is 32.5. The molecule has 0 radical (unpaired) electrons. The number of carbonyl (C=O) groups is 1. The van der Waals surface area contributed by atoms with Crippen LogP contribution in [0, 0.1) is 11.8 Å². The first kappa shape index (κ1) is 12.8. The van der Waals surface area contributed by atoms with Crippen molar-refractivity contribution in [3.8, 4) is 0 Å². The van der Waals surface area contributed by atoms with Crippen LogP contribution < -0.4 is 10.6 Å². The molecular formula is C13H24N2O2. The second-order valence-electron chi connectivity index (χ2n) is 6.05. The van der Waals surface area contributed by atoms with Gasteiger partial charge in [-0.15, -0.1) is 0 Å². The molecular weight excluding hydrogens is 216 g/mol. The lowest BCUT2D eigenvalue weighted by atomic mass is 9.93. The molecule has 0 aromatic carbocycles. The number of fused-ring (bicyclic) bond motifs is 1. The minimum atomic E-state index is -0.287. The van der Waals surface area contributed by atoms with Crippen molar-refractivity contribution in [1.82, 2.24) is 10.6 Å². The molecule has 3 unspecified atom stereocenters. The van der Waals surface area contributed by atoms with Gasteiger partial charge in [-0.1, -0.05) is 6.42 Å². The maximum Gasteiger partial charge on any atom is 0.237 e. The third-order valence-corrected chi connectivity index (χ3v) is 4.00. The highest BCUT2D eigenvalue weighted by Gasteiger charge is 2.43. The molecule has 1 heterocycles. The maximum absolute atomic E-state index is 12.2. The number of carbonyl (C=O) groups excluding carboxylic acids is 1. The lowest BCUT2D eigenvalue weighted by Gasteiger charge is -2.28. The number of hydrogen-bond donors (Lipinski definition) is 2. The van der Waals surface area contributed by atoms with Gasteiger partial charge < -0.3 is 15.4 Å². The minimum absolute atomic E-state index is 0.0126. The summed E-state index contributed by atoms with van der Waals surface area (Å²) in [4.78, 5) is 12.2. The predicted molar refractivity (Wildman–Crippen MR) is 66.7 cm³/mol. The van der Waals surface area contributed by atoms with Crippen LogP contribution in [0.25, 0.3) is 0 Å². The number of rotatable bonds is 4. The largest absolute Gasteiger partial charge is 0.382 e. The topological polar surface area (TPSA) is 50.4 Å². The highest BCUT2D eigenvalue weighted by atomic mass is 16.5. The van der Waals surface area contributed by atoms with Gasteiger partial charge in [0.25, 0.3) is 0 Å². The van der Waals surface area contributed by atoms with Gasteiger partial charge in [-0.2, -0.15) is 0 Å². The summed E-state index contributed by atoms with van der Waals surface area (Å²) < 4.78 is 5.12. The van der Waals surface area contributed by atoms with Gasteiger partial charge >= 0.3 is 0 Å². The van der Waals surface area contributed by atoms with Crippen LogP contribution in [-0.4, -0.2) is 37.7 Å². The summed E-state index contributed by atoms with van der Waals surface area (Å²) in [5.74, 6) is 1.41. The predicted octanol–water partition coefficient (Wildman–Crippen LogP) is 0.916. The minimum Gasteiger partial charge on any atom is -0.382 e. The monoisotopic (exact) mass is 240 g/mol. The molecule has 0 spiro atoms. The molecule has 1 amide bonds. The van der Waals surface area contributed by atoms with E-state index < -0.39 is 0 Å². The quantitative estimate of drug-likeness (QED) is 0.768. The second kappa shape index (κ2) is 4.94. The van der Waals surface area contributed by atoms with E-state index in [0.717, 1.165) is 12.5 Å². The molecule has 2 aliphatic rings. The summed E-state index contributed by atoms with van der Waals surface area (Å²) in [6.07, 6.45) is 3.76. The van der Waals surface area contributed by atoms with Gasteiger partial charge in [-0.3, -0.25) is 4.79 Å². The molecule has 98 valence electrons. The van der Waals surface area contributed by atoms with Crippen LogP contribution >= 0.6 is 0 Å². The van der Waals surface area contributed by atoms with Gasteiger partial charge in [0.1, 0.15) is 0 Å². The van der Waals surface area contributed by atoms with Crippen molar-refractivity contribution < 1.29 is 9.53 Å². The van der Waals surface area contributed by atoms with Gasteiger partial charge in [-0.05, 0) is 45.1 Å². The Morgan fingerprint density at radius 3 is 2.94 bits per heavy atom. The van der Waals surface area contributed by atoms with E-state index >= 15 is 0 Å². The first-order valence-corrected chi connectivity index (χ1v) is 6.58. The van der Waals surface area contributed by atoms with E-state index in [0.29, 0.717) is 12.5 Å². The summed E-state index contributed by atoms with van der Waals surface area (Å²) in [6.45, 7) is 5.54. The van der Waals surface area contributed by atoms with Crippen molar-refractivity contribution in [2.24, 2.45) is 11.8 Å². The SMILES string of the molecule is COCC(C)(C)NC(=O)C1NCC2CCCC21. The molecule has 17 heavy (non-hydrogen) atoms. The molecule has 1 aliphatic heterocycles. The molecule has 3 atom stereocenters. The number of methoxy groups -OCH3 is 1. The highest BCUT2D eigenvalue weighted by Crippen LogP contribution is 2.37. The first-order valence-electron chi connectivity index (χ1n) is 6.58. The Morgan fingerprint density at radius 1 is 1.47 bits per heavy atom. The zero-order valence-corrected chi connectivity index (χ0v) is 11.1. The Labute approximate surface area is 103 Å². The molecule has 4 heteroatoms. The van der Waals surface area contributed by atoms with E-state index in [4.69, 9.17) is 4.74 Å². The van der Waals surface area contributed by atoms with Gasteiger partial charge in [0.05, 0.1) is 18.2 Å². The Bertz CT molecular complexity index is 291. The molecule has 0 bridgehead atoms. The zero-order chi connectivity index (χ0) is 12.5. The fraction of sp³-hybridized carbons (Fsp3) is 0.923. The van der Waals surface area contributed by atoms with Gasteiger partial charge in [0, 0.05) is 7.11 Å². The fourth-order valence-electron chi connectivity index (χ4n) is 3.28. The van der Waals surface area contributed by atoms with Crippen molar-refractivity contribution in [3.63, 3.8) is 0 Å². The maximum atomic E-state index is 12.2. The highest BCUT2D eigenvalue weighted by molar-refractivity contribution is 5.83. The van der Waals surface area contributed by atoms with E-state index in [1.165, 1.54) is 19.3 Å². The van der Waals surface area contributed by atoms with Crippen LogP contribution in [0.1, 0.15) is 33.1 Å². The summed E-state index contributed by atoms with van der Waals surface area (Å²) in [7, 11) is 1.66. The molecule has 1 saturated carbocycles. The van der Waals surface area contributed by atoms with Crippen molar-refractivity contribution in [1.29, 1.82) is 0 Å². The Hall–Kier alpha value is -0.610. The molecule has 0 aromatic heterocycles. The lowest BCUT2D eigenvalue weighted by molar-refractivity contribution is -0.126. The lowest BCUT2D eigenvalue weighted by Crippen LogP contribution is -2.53. The van der Waals surface area contributed by atoms with Crippen LogP contribution in [0.4, 0.5) is 0 Å². The smallest absolute Gasteiger partial charge is 0.237 e. The number of ether oxygens (including phenoxy) is 1. The van der Waals surface area contributed by atoms with Gasteiger partial charge in [-0.25, -0.2) is 0 Å². The van der Waals surface area contributed by atoms with Crippen molar-refractivity contribution in [3.05, 3.63) is 0 Å². The first-order chi connectivity index (χ1) is 8.03. The molecule has 4 nitrogen and oxygen atoms in total. The van der Waals surface area contributed by atoms with Crippen LogP contribution in [0.5, 0.6) is 0 Å². The molecule has 1 aliphatic carbocycles. The second-order valence-corrected chi connectivity index (χ2v) is 6.05. The summed E-state index contributed by atoms with van der Waals surface area (Å²) in [5.41, 5.74) is -0.287. The average molecular weight is 240 g/mol. The van der Waals surface area contributed by atoms with Crippen molar-refractivity contribution in [2.45, 2.75) is 44.7 Å². The van der Waals surface area contributed by atoms with E-state index in [-0.39, 0.29) is 17.5 Å². The molecule has 0 aromatic rings. The number of amides is 1. The summed E-state index contributed by atoms with van der Waals surface area (Å²) in [5, 5.41) is 6.46. The summed E-state index contributed by atoms with van der Waals surface area (Å²) in [6, 6.07) is 0.0126. The van der Waals surface area contributed by atoms with Crippen LogP contribution in [0.3, 0.4) is 0 Å². The van der Waals surface area contributed by atoms with E-state index in [1.54, 1.807) is 7.11 Å². The average Bonchev–Trinajstić information content (AvgIpc) is 2.75. The molecule has 2 rings (SSSR count). The van der Waals surface area contributed by atoms with Crippen molar-refractivity contribution in [2.75, 3.05) is 20.3 Å². The van der Waals surface area contributed by atoms with Gasteiger partial charge in [0.15, 0.2) is 0 Å². The van der Waals surface area contributed by atoms with E-state index in [9.17, 15) is 4.79 Å². The van der Waals surface area contributed by atoms with Crippen molar-refractivity contribution >= 4 is 5.91 Å². The van der Waals surface area contributed by atoms with Gasteiger partial charge in [0.2, 0.25) is 5.91 Å². The summed E-state index contributed by atoms with van der Waals surface area (Å²) >= 11 is 0. The zero-order valence-electron chi connectivity index (χ0n) is 11.1. The third-order valence-electron chi connectivity index (χ3n) is 4.00. The van der Waals surface area contributed by atoms with Crippen LogP contribution in [0.15, 0.2) is 0 Å². The van der Waals surface area contributed by atoms with E-state index in [2.05, 4.69) is 10.6 Å². The van der Waals surface area contributed by atoms with Crippen LogP contribution in [-0.2, 0) is 9.53 Å². The Kier molecular flexibility index (Phi) is 3.73. The van der Waals surface area contributed by atoms with E-state index in [1.807, 2.05) is 13.8 Å². The Balaban J connectivity index is 1.92. The Morgan fingerprint density at radius 2 is 2.24 bits per heavy atom. The third kappa shape index (κ3) is 2.80. The standard InChI is InChI=1S/C13H24N2O2/c1-13(2,8-17-3)15-12(16)11-10-6-4-5-9(10)7-14-11/h9-11,14H,4-8H2,1-3H3,(H,15,16). The molecule has 2 N–H and O–H groups in total. The van der Waals surface area contributed by atoms with Crippen LogP contribution in [0.2, 0.25) is 0 Å². The number of nitrogens with one attached hydrogen (secondary N) is 2. The number of hydrogen-bond acceptors (Lipinski definition) is 3. The molecule has 1 saturated heterocycles. The fourth-order valence-corrected chi connectivity index (χ4v) is 3.28.